The van der Waals surface area contributed by atoms with E-state index in [0.717, 1.165) is 30.4 Å². The molecule has 1 amide bonds. The van der Waals surface area contributed by atoms with Crippen molar-refractivity contribution in [1.82, 2.24) is 4.90 Å². The van der Waals surface area contributed by atoms with Gasteiger partial charge in [-0.3, -0.25) is 4.79 Å². The maximum atomic E-state index is 14.0. The van der Waals surface area contributed by atoms with Crippen molar-refractivity contribution in [3.8, 4) is 5.75 Å². The Morgan fingerprint density at radius 3 is 2.45 bits per heavy atom. The van der Waals surface area contributed by atoms with Crippen LogP contribution in [0.15, 0.2) is 60.0 Å². The number of carbonyl (C=O) groups is 1. The minimum absolute atomic E-state index is 0.0618. The monoisotopic (exact) mass is 485 g/mol. The molecule has 2 aliphatic rings. The summed E-state index contributed by atoms with van der Waals surface area (Å²) in [4.78, 5) is 16.7. The summed E-state index contributed by atoms with van der Waals surface area (Å²) in [5, 5.41) is 2.10. The van der Waals surface area contributed by atoms with Gasteiger partial charge in [-0.25, -0.2) is 8.78 Å². The molecule has 0 radical (unpaired) electrons. The van der Waals surface area contributed by atoms with Crippen LogP contribution in [0.3, 0.4) is 0 Å². The average molecular weight is 486 g/mol. The molecule has 0 spiro atoms. The van der Waals surface area contributed by atoms with Gasteiger partial charge in [-0.05, 0) is 54.1 Å². The predicted molar refractivity (Wildman–Crippen MR) is 129 cm³/mol. The molecule has 3 aromatic rings. The number of thiophene rings is 1. The highest BCUT2D eigenvalue weighted by Crippen LogP contribution is 2.38. The lowest BCUT2D eigenvalue weighted by Gasteiger charge is -2.39. The summed E-state index contributed by atoms with van der Waals surface area (Å²) in [7, 11) is 0. The van der Waals surface area contributed by atoms with Crippen LogP contribution in [-0.4, -0.2) is 29.0 Å². The molecule has 0 N–H and O–H groups in total. The molecule has 2 bridgehead atoms. The molecular weight excluding hydrogens is 460 g/mol. The zero-order valence-corrected chi connectivity index (χ0v) is 19.7. The fourth-order valence-electron chi connectivity index (χ4n) is 4.86. The molecule has 2 atom stereocenters. The normalized spacial score (nSPS) is 21.9. The van der Waals surface area contributed by atoms with E-state index in [4.69, 9.17) is 4.74 Å². The Kier molecular flexibility index (Phi) is 6.69. The zero-order valence-electron chi connectivity index (χ0n) is 18.1. The van der Waals surface area contributed by atoms with Crippen LogP contribution in [0.25, 0.3) is 0 Å². The van der Waals surface area contributed by atoms with Gasteiger partial charge in [-0.15, -0.1) is 11.3 Å². The van der Waals surface area contributed by atoms with Crippen molar-refractivity contribution in [1.29, 1.82) is 0 Å². The number of piperidine rings is 1. The molecule has 172 valence electrons. The highest BCUT2D eigenvalue weighted by Gasteiger charge is 2.44. The Morgan fingerprint density at radius 1 is 1.03 bits per heavy atom. The number of hydrogen-bond acceptors (Lipinski definition) is 4. The van der Waals surface area contributed by atoms with E-state index in [9.17, 15) is 13.6 Å². The smallest absolute Gasteiger partial charge is 0.254 e. The second-order valence-electron chi connectivity index (χ2n) is 8.65. The largest absolute Gasteiger partial charge is 0.487 e. The summed E-state index contributed by atoms with van der Waals surface area (Å²) < 4.78 is 33.0. The third-order valence-electron chi connectivity index (χ3n) is 6.41. The Morgan fingerprint density at radius 2 is 1.79 bits per heavy atom. The summed E-state index contributed by atoms with van der Waals surface area (Å²) >= 11 is 3.65. The van der Waals surface area contributed by atoms with Crippen molar-refractivity contribution in [3.05, 3.63) is 87.6 Å². The number of amides is 1. The third kappa shape index (κ3) is 5.09. The molecule has 2 aromatic carbocycles. The summed E-state index contributed by atoms with van der Waals surface area (Å²) in [5.41, 5.74) is 1.92. The second-order valence-corrected chi connectivity index (χ2v) is 10.7. The minimum atomic E-state index is -0.686. The summed E-state index contributed by atoms with van der Waals surface area (Å²) in [6.45, 7) is 0. The fraction of sp³-hybridized carbons (Fsp3) is 0.346. The summed E-state index contributed by atoms with van der Waals surface area (Å²) in [6.07, 6.45) is 3.01. The van der Waals surface area contributed by atoms with Gasteiger partial charge in [0.2, 0.25) is 0 Å². The molecule has 2 saturated heterocycles. The number of carbonyl (C=O) groups excluding carboxylic acids is 1. The lowest BCUT2D eigenvalue weighted by atomic mass is 9.98. The lowest BCUT2D eigenvalue weighted by molar-refractivity contribution is 0.0349. The molecule has 1 aromatic heterocycles. The van der Waals surface area contributed by atoms with Crippen molar-refractivity contribution in [2.24, 2.45) is 0 Å². The maximum Gasteiger partial charge on any atom is 0.254 e. The Bertz CT molecular complexity index is 1090. The first kappa shape index (κ1) is 22.4. The van der Waals surface area contributed by atoms with E-state index in [1.165, 1.54) is 22.6 Å². The van der Waals surface area contributed by atoms with Gasteiger partial charge in [-0.2, -0.15) is 11.8 Å². The summed E-state index contributed by atoms with van der Waals surface area (Å²) in [5.74, 6) is 0.752. The van der Waals surface area contributed by atoms with Gasteiger partial charge in [0.05, 0.1) is 0 Å². The van der Waals surface area contributed by atoms with Crippen LogP contribution in [0.1, 0.15) is 46.5 Å². The standard InChI is InChI=1S/C26H25F2NO2S2/c27-19-7-10-25(24(28)12-19)31-22-13-20-8-9-21(14-22)29(20)26(30)18-5-3-17(4-6-18)15-32-16-23-2-1-11-33-23/h1-7,10-12,20-22H,8-9,13-16H2. The predicted octanol–water partition coefficient (Wildman–Crippen LogP) is 6.67. The second kappa shape index (κ2) is 9.85. The Hall–Kier alpha value is -2.38. The Labute approximate surface area is 200 Å². The molecule has 0 saturated carbocycles. The molecule has 33 heavy (non-hydrogen) atoms. The van der Waals surface area contributed by atoms with Crippen molar-refractivity contribution in [2.45, 2.75) is 55.4 Å². The molecule has 5 rings (SSSR count). The minimum Gasteiger partial charge on any atom is -0.487 e. The van der Waals surface area contributed by atoms with Gasteiger partial charge in [0.15, 0.2) is 11.6 Å². The number of thioether (sulfide) groups is 1. The first-order chi connectivity index (χ1) is 16.1. The van der Waals surface area contributed by atoms with E-state index in [-0.39, 0.29) is 29.8 Å². The van der Waals surface area contributed by atoms with Crippen LogP contribution in [0.2, 0.25) is 0 Å². The number of benzene rings is 2. The lowest BCUT2D eigenvalue weighted by Crippen LogP contribution is -2.49. The van der Waals surface area contributed by atoms with Crippen molar-refractivity contribution in [2.75, 3.05) is 0 Å². The summed E-state index contributed by atoms with van der Waals surface area (Å²) in [6, 6.07) is 15.7. The van der Waals surface area contributed by atoms with E-state index < -0.39 is 11.6 Å². The van der Waals surface area contributed by atoms with Crippen LogP contribution >= 0.6 is 23.1 Å². The maximum absolute atomic E-state index is 14.0. The molecule has 3 heterocycles. The van der Waals surface area contributed by atoms with Crippen LogP contribution < -0.4 is 4.74 Å². The molecule has 2 unspecified atom stereocenters. The highest BCUT2D eigenvalue weighted by atomic mass is 32.2. The number of nitrogens with zero attached hydrogens (tertiary/aromatic N) is 1. The van der Waals surface area contributed by atoms with E-state index >= 15 is 0 Å². The van der Waals surface area contributed by atoms with Crippen molar-refractivity contribution >= 4 is 29.0 Å². The molecule has 0 aliphatic carbocycles. The van der Waals surface area contributed by atoms with Gasteiger partial charge in [0.1, 0.15) is 11.9 Å². The van der Waals surface area contributed by atoms with Gasteiger partial charge in [0, 0.05) is 52.9 Å². The quantitative estimate of drug-likeness (QED) is 0.374. The van der Waals surface area contributed by atoms with Gasteiger partial charge < -0.3 is 9.64 Å². The third-order valence-corrected chi connectivity index (χ3v) is 8.52. The molecule has 2 fully saturated rings. The molecular formula is C26H25F2NO2S2. The highest BCUT2D eigenvalue weighted by molar-refractivity contribution is 7.97. The van der Waals surface area contributed by atoms with Crippen LogP contribution in [0.5, 0.6) is 5.75 Å². The number of hydrogen-bond donors (Lipinski definition) is 0. The van der Waals surface area contributed by atoms with Crippen LogP contribution in [0.4, 0.5) is 8.78 Å². The van der Waals surface area contributed by atoms with E-state index in [2.05, 4.69) is 17.5 Å². The SMILES string of the molecule is O=C(c1ccc(CSCc2cccs2)cc1)N1C2CCC1CC(Oc1ccc(F)cc1F)C2. The Balaban J connectivity index is 1.18. The molecule has 7 heteroatoms. The van der Waals surface area contributed by atoms with Crippen LogP contribution in [-0.2, 0) is 11.5 Å². The van der Waals surface area contributed by atoms with Gasteiger partial charge in [-0.1, -0.05) is 18.2 Å². The first-order valence-electron chi connectivity index (χ1n) is 11.2. The van der Waals surface area contributed by atoms with Crippen LogP contribution in [0, 0.1) is 11.6 Å². The van der Waals surface area contributed by atoms with Gasteiger partial charge in [0.25, 0.3) is 5.91 Å². The van der Waals surface area contributed by atoms with Crippen molar-refractivity contribution in [3.63, 3.8) is 0 Å². The number of halogens is 2. The fourth-order valence-corrected chi connectivity index (χ4v) is 6.70. The topological polar surface area (TPSA) is 29.5 Å². The average Bonchev–Trinajstić information content (AvgIpc) is 3.42. The number of rotatable bonds is 7. The first-order valence-corrected chi connectivity index (χ1v) is 13.2. The number of ether oxygens (including phenoxy) is 1. The molecule has 3 nitrogen and oxygen atoms in total. The van der Waals surface area contributed by atoms with E-state index in [1.54, 1.807) is 11.3 Å². The zero-order chi connectivity index (χ0) is 22.8. The van der Waals surface area contributed by atoms with E-state index in [1.807, 2.05) is 40.9 Å². The number of fused-ring (bicyclic) bond motifs is 2. The van der Waals surface area contributed by atoms with E-state index in [0.29, 0.717) is 18.4 Å². The van der Waals surface area contributed by atoms with Gasteiger partial charge >= 0.3 is 0 Å². The molecule has 2 aliphatic heterocycles. The van der Waals surface area contributed by atoms with Crippen molar-refractivity contribution < 1.29 is 18.3 Å².